The van der Waals surface area contributed by atoms with Gasteiger partial charge < -0.3 is 9.84 Å². The predicted octanol–water partition coefficient (Wildman–Crippen LogP) is 4.35. The summed E-state index contributed by atoms with van der Waals surface area (Å²) in [5.74, 6) is 0.0471. The van der Waals surface area contributed by atoms with Gasteiger partial charge in [0.15, 0.2) is 0 Å². The fourth-order valence-corrected chi connectivity index (χ4v) is 5.82. The van der Waals surface area contributed by atoms with Crippen LogP contribution in [0.25, 0.3) is 11.4 Å². The number of hydrogen-bond donors (Lipinski definition) is 1. The minimum atomic E-state index is -3.82. The number of aromatic nitrogens is 2. The Labute approximate surface area is 198 Å². The minimum absolute atomic E-state index is 0.110. The zero-order chi connectivity index (χ0) is 23.8. The molecule has 0 aliphatic carbocycles. The number of sulfonamides is 1. The summed E-state index contributed by atoms with van der Waals surface area (Å²) in [6.07, 6.45) is 1.20. The third-order valence-electron chi connectivity index (χ3n) is 5.79. The Kier molecular flexibility index (Phi) is 6.56. The molecule has 1 aliphatic rings. The van der Waals surface area contributed by atoms with Gasteiger partial charge in [-0.05, 0) is 56.0 Å². The zero-order valence-corrected chi connectivity index (χ0v) is 20.2. The Morgan fingerprint density at radius 3 is 2.61 bits per heavy atom. The topological polar surface area (TPSA) is 105 Å². The van der Waals surface area contributed by atoms with Gasteiger partial charge in [0.1, 0.15) is 0 Å². The van der Waals surface area contributed by atoms with Crippen LogP contribution in [0.15, 0.2) is 45.8 Å². The first-order valence-electron chi connectivity index (χ1n) is 10.6. The highest BCUT2D eigenvalue weighted by molar-refractivity contribution is 7.89. The summed E-state index contributed by atoms with van der Waals surface area (Å²) in [7, 11) is -3.82. The largest absolute Gasteiger partial charge is 0.339 e. The predicted molar refractivity (Wildman–Crippen MR) is 126 cm³/mol. The molecule has 0 bridgehead atoms. The van der Waals surface area contributed by atoms with E-state index in [1.807, 2.05) is 13.0 Å². The van der Waals surface area contributed by atoms with Crippen molar-refractivity contribution < 1.29 is 17.7 Å². The number of rotatable bonds is 5. The number of amides is 1. The van der Waals surface area contributed by atoms with Gasteiger partial charge in [-0.3, -0.25) is 4.79 Å². The lowest BCUT2D eigenvalue weighted by molar-refractivity contribution is -0.120. The molecule has 33 heavy (non-hydrogen) atoms. The van der Waals surface area contributed by atoms with Gasteiger partial charge in [0.2, 0.25) is 27.6 Å². The summed E-state index contributed by atoms with van der Waals surface area (Å²) >= 11 is 6.15. The third-order valence-corrected chi connectivity index (χ3v) is 8.20. The third kappa shape index (κ3) is 4.95. The molecule has 1 N–H and O–H groups in total. The summed E-state index contributed by atoms with van der Waals surface area (Å²) in [5.41, 5.74) is 2.67. The van der Waals surface area contributed by atoms with Crippen LogP contribution >= 0.6 is 11.6 Å². The number of carbonyl (C=O) groups is 1. The average Bonchev–Trinajstić information content (AvgIpc) is 3.23. The molecule has 0 saturated carbocycles. The van der Waals surface area contributed by atoms with Crippen LogP contribution in [0.2, 0.25) is 5.02 Å². The van der Waals surface area contributed by atoms with E-state index in [0.29, 0.717) is 52.9 Å². The van der Waals surface area contributed by atoms with Crippen LogP contribution in [0.5, 0.6) is 0 Å². The molecule has 4 rings (SSSR count). The van der Waals surface area contributed by atoms with Crippen molar-refractivity contribution in [2.24, 2.45) is 5.92 Å². The number of halogens is 1. The summed E-state index contributed by atoms with van der Waals surface area (Å²) < 4.78 is 33.4. The molecule has 1 fully saturated rings. The standard InChI is InChI=1S/C23H25ClN4O4S/c1-14-7-9-19(12-20(14)24)26-23(29)18-5-4-10-28(13-18)33(30,31)21-11-17(8-6-15(21)2)22-25-16(3)32-27-22/h6-9,11-12,18H,4-5,10,13H2,1-3H3,(H,26,29)/t18-/m1/s1. The smallest absolute Gasteiger partial charge is 0.243 e. The molecule has 1 atom stereocenters. The van der Waals surface area contributed by atoms with Crippen LogP contribution in [0.3, 0.4) is 0 Å². The van der Waals surface area contributed by atoms with Crippen LogP contribution in [0, 0.1) is 26.7 Å². The Morgan fingerprint density at radius 1 is 1.15 bits per heavy atom. The highest BCUT2D eigenvalue weighted by Gasteiger charge is 2.34. The van der Waals surface area contributed by atoms with Gasteiger partial charge in [0, 0.05) is 36.3 Å². The molecule has 2 aromatic carbocycles. The van der Waals surface area contributed by atoms with Crippen molar-refractivity contribution in [1.29, 1.82) is 0 Å². The van der Waals surface area contributed by atoms with Crippen LogP contribution in [0.4, 0.5) is 5.69 Å². The maximum absolute atomic E-state index is 13.5. The van der Waals surface area contributed by atoms with E-state index in [0.717, 1.165) is 5.56 Å². The number of anilines is 1. The normalized spacial score (nSPS) is 17.2. The average molecular weight is 489 g/mol. The number of nitrogens with zero attached hydrogens (tertiary/aromatic N) is 3. The van der Waals surface area contributed by atoms with E-state index in [9.17, 15) is 13.2 Å². The minimum Gasteiger partial charge on any atom is -0.339 e. The van der Waals surface area contributed by atoms with Gasteiger partial charge in [-0.2, -0.15) is 9.29 Å². The molecule has 1 saturated heterocycles. The van der Waals surface area contributed by atoms with Gasteiger partial charge in [0.05, 0.1) is 10.8 Å². The molecule has 8 nitrogen and oxygen atoms in total. The molecule has 1 amide bonds. The van der Waals surface area contributed by atoms with Crippen molar-refractivity contribution in [3.63, 3.8) is 0 Å². The first-order chi connectivity index (χ1) is 15.6. The van der Waals surface area contributed by atoms with Crippen LogP contribution in [0.1, 0.15) is 29.9 Å². The number of hydrogen-bond acceptors (Lipinski definition) is 6. The molecular formula is C23H25ClN4O4S. The van der Waals surface area contributed by atoms with E-state index in [1.54, 1.807) is 44.2 Å². The fraction of sp³-hybridized carbons (Fsp3) is 0.348. The maximum Gasteiger partial charge on any atom is 0.243 e. The number of piperidine rings is 1. The fourth-order valence-electron chi connectivity index (χ4n) is 3.86. The molecule has 1 aliphatic heterocycles. The Bertz CT molecular complexity index is 1310. The first-order valence-corrected chi connectivity index (χ1v) is 12.5. The summed E-state index contributed by atoms with van der Waals surface area (Å²) in [6.45, 7) is 5.76. The molecular weight excluding hydrogens is 464 g/mol. The van der Waals surface area contributed by atoms with Crippen molar-refractivity contribution in [3.8, 4) is 11.4 Å². The van der Waals surface area contributed by atoms with Gasteiger partial charge in [0.25, 0.3) is 0 Å². The quantitative estimate of drug-likeness (QED) is 0.572. The molecule has 2 heterocycles. The highest BCUT2D eigenvalue weighted by atomic mass is 35.5. The van der Waals surface area contributed by atoms with Gasteiger partial charge in [-0.15, -0.1) is 0 Å². The molecule has 10 heteroatoms. The molecule has 1 aromatic heterocycles. The van der Waals surface area contributed by atoms with Crippen LogP contribution in [-0.4, -0.2) is 41.9 Å². The highest BCUT2D eigenvalue weighted by Crippen LogP contribution is 2.29. The van der Waals surface area contributed by atoms with E-state index in [4.69, 9.17) is 16.1 Å². The number of aryl methyl sites for hydroxylation is 3. The number of benzene rings is 2. The van der Waals surface area contributed by atoms with E-state index in [1.165, 1.54) is 4.31 Å². The van der Waals surface area contributed by atoms with E-state index >= 15 is 0 Å². The second-order valence-corrected chi connectivity index (χ2v) is 10.6. The lowest BCUT2D eigenvalue weighted by atomic mass is 9.98. The Hall–Kier alpha value is -2.75. The second kappa shape index (κ2) is 9.24. The maximum atomic E-state index is 13.5. The van der Waals surface area contributed by atoms with Crippen molar-refractivity contribution in [2.75, 3.05) is 18.4 Å². The second-order valence-electron chi connectivity index (χ2n) is 8.27. The van der Waals surface area contributed by atoms with Gasteiger partial charge in [-0.25, -0.2) is 8.42 Å². The first kappa shape index (κ1) is 23.4. The van der Waals surface area contributed by atoms with Crippen molar-refractivity contribution in [3.05, 3.63) is 58.4 Å². The van der Waals surface area contributed by atoms with E-state index in [2.05, 4.69) is 15.5 Å². The molecule has 0 unspecified atom stereocenters. The zero-order valence-electron chi connectivity index (χ0n) is 18.6. The van der Waals surface area contributed by atoms with Gasteiger partial charge >= 0.3 is 0 Å². The molecule has 174 valence electrons. The Balaban J connectivity index is 1.54. The molecule has 0 spiro atoms. The van der Waals surface area contributed by atoms with Crippen LogP contribution in [-0.2, 0) is 14.8 Å². The summed E-state index contributed by atoms with van der Waals surface area (Å²) in [6, 6.07) is 10.4. The van der Waals surface area contributed by atoms with Gasteiger partial charge in [-0.1, -0.05) is 35.0 Å². The monoisotopic (exact) mass is 488 g/mol. The van der Waals surface area contributed by atoms with Crippen molar-refractivity contribution in [1.82, 2.24) is 14.4 Å². The lowest BCUT2D eigenvalue weighted by Gasteiger charge is -2.31. The van der Waals surface area contributed by atoms with E-state index < -0.39 is 15.9 Å². The van der Waals surface area contributed by atoms with E-state index in [-0.39, 0.29) is 17.3 Å². The lowest BCUT2D eigenvalue weighted by Crippen LogP contribution is -2.43. The summed E-state index contributed by atoms with van der Waals surface area (Å²) in [5, 5.41) is 7.31. The SMILES string of the molecule is Cc1nc(-c2ccc(C)c(S(=O)(=O)N3CCC[C@@H](C(=O)Nc4ccc(C)c(Cl)c4)C3)c2)no1. The van der Waals surface area contributed by atoms with Crippen molar-refractivity contribution in [2.45, 2.75) is 38.5 Å². The molecule has 3 aromatic rings. The van der Waals surface area contributed by atoms with Crippen molar-refractivity contribution >= 4 is 33.2 Å². The summed E-state index contributed by atoms with van der Waals surface area (Å²) in [4.78, 5) is 17.2. The number of nitrogens with one attached hydrogen (secondary N) is 1. The Morgan fingerprint density at radius 2 is 1.91 bits per heavy atom. The van der Waals surface area contributed by atoms with Crippen LogP contribution < -0.4 is 5.32 Å². The number of carbonyl (C=O) groups excluding carboxylic acids is 1. The molecule has 0 radical (unpaired) electrons.